The van der Waals surface area contributed by atoms with Crippen LogP contribution in [0.5, 0.6) is 0 Å². The predicted octanol–water partition coefficient (Wildman–Crippen LogP) is 5.59. The molecule has 2 aromatic carbocycles. The molecule has 3 heterocycles. The van der Waals surface area contributed by atoms with Crippen molar-refractivity contribution in [2.24, 2.45) is 0 Å². The number of rotatable bonds is 6. The SMILES string of the molecule is Cc1ncc(-c2ccnc(Nc3ccc(C(=O)N4CCN(c5ccc(Cl)cc5)CC4)cc3)n2)n1C(C)C. The average molecular weight is 516 g/mol. The number of hydrogen-bond donors (Lipinski definition) is 1. The molecule has 0 spiro atoms. The van der Waals surface area contributed by atoms with Crippen LogP contribution < -0.4 is 10.2 Å². The third kappa shape index (κ3) is 5.44. The molecule has 0 unspecified atom stereocenters. The monoisotopic (exact) mass is 515 g/mol. The van der Waals surface area contributed by atoms with E-state index in [2.05, 4.69) is 38.6 Å². The minimum atomic E-state index is 0.0397. The van der Waals surface area contributed by atoms with E-state index in [0.717, 1.165) is 46.7 Å². The minimum Gasteiger partial charge on any atom is -0.368 e. The fourth-order valence-electron chi connectivity index (χ4n) is 4.68. The lowest BCUT2D eigenvalue weighted by atomic mass is 10.1. The number of amides is 1. The van der Waals surface area contributed by atoms with Gasteiger partial charge in [0.2, 0.25) is 5.95 Å². The number of aromatic nitrogens is 4. The Bertz CT molecular complexity index is 1370. The summed E-state index contributed by atoms with van der Waals surface area (Å²) in [7, 11) is 0. The molecule has 1 aliphatic heterocycles. The summed E-state index contributed by atoms with van der Waals surface area (Å²) in [5.74, 6) is 1.48. The van der Waals surface area contributed by atoms with Crippen molar-refractivity contribution in [1.29, 1.82) is 0 Å². The molecule has 190 valence electrons. The first kappa shape index (κ1) is 24.8. The van der Waals surface area contributed by atoms with Gasteiger partial charge in [-0.3, -0.25) is 4.79 Å². The maximum atomic E-state index is 13.1. The van der Waals surface area contributed by atoms with Gasteiger partial charge in [0, 0.05) is 60.4 Å². The Morgan fingerprint density at radius 3 is 2.32 bits per heavy atom. The predicted molar refractivity (Wildman–Crippen MR) is 148 cm³/mol. The zero-order chi connectivity index (χ0) is 25.9. The number of nitrogens with zero attached hydrogens (tertiary/aromatic N) is 6. The van der Waals surface area contributed by atoms with Gasteiger partial charge >= 0.3 is 0 Å². The Morgan fingerprint density at radius 2 is 1.65 bits per heavy atom. The normalized spacial score (nSPS) is 13.8. The Kier molecular flexibility index (Phi) is 7.10. The molecule has 1 saturated heterocycles. The van der Waals surface area contributed by atoms with Crippen molar-refractivity contribution in [3.8, 4) is 11.4 Å². The van der Waals surface area contributed by atoms with Crippen molar-refractivity contribution in [2.75, 3.05) is 36.4 Å². The molecule has 1 amide bonds. The molecule has 9 heteroatoms. The molecule has 4 aromatic rings. The number of imidazole rings is 1. The van der Waals surface area contributed by atoms with Crippen molar-refractivity contribution in [3.05, 3.63) is 83.4 Å². The first-order valence-electron chi connectivity index (χ1n) is 12.4. The number of halogens is 1. The van der Waals surface area contributed by atoms with E-state index in [-0.39, 0.29) is 11.9 Å². The van der Waals surface area contributed by atoms with E-state index < -0.39 is 0 Å². The van der Waals surface area contributed by atoms with Gasteiger partial charge in [-0.05, 0) is 75.4 Å². The number of aryl methyl sites for hydroxylation is 1. The van der Waals surface area contributed by atoms with Crippen molar-refractivity contribution in [2.45, 2.75) is 26.8 Å². The Morgan fingerprint density at radius 1 is 0.946 bits per heavy atom. The number of piperazine rings is 1. The van der Waals surface area contributed by atoms with Gasteiger partial charge in [-0.2, -0.15) is 0 Å². The molecule has 0 aliphatic carbocycles. The van der Waals surface area contributed by atoms with Gasteiger partial charge in [-0.15, -0.1) is 0 Å². The minimum absolute atomic E-state index is 0.0397. The fourth-order valence-corrected chi connectivity index (χ4v) is 4.81. The van der Waals surface area contributed by atoms with Crippen LogP contribution in [0.4, 0.5) is 17.3 Å². The van der Waals surface area contributed by atoms with Crippen LogP contribution in [-0.4, -0.2) is 56.5 Å². The number of carbonyl (C=O) groups is 1. The summed E-state index contributed by atoms with van der Waals surface area (Å²) in [5, 5.41) is 3.98. The molecule has 0 saturated carbocycles. The lowest BCUT2D eigenvalue weighted by Crippen LogP contribution is -2.48. The Labute approximate surface area is 221 Å². The van der Waals surface area contributed by atoms with Crippen LogP contribution in [0.2, 0.25) is 5.02 Å². The van der Waals surface area contributed by atoms with E-state index in [9.17, 15) is 4.79 Å². The lowest BCUT2D eigenvalue weighted by Gasteiger charge is -2.36. The number of anilines is 3. The zero-order valence-electron chi connectivity index (χ0n) is 21.2. The molecular formula is C28H30ClN7O. The molecule has 0 bridgehead atoms. The van der Waals surface area contributed by atoms with Gasteiger partial charge in [0.05, 0.1) is 17.6 Å². The first-order valence-corrected chi connectivity index (χ1v) is 12.8. The van der Waals surface area contributed by atoms with Gasteiger partial charge in [0.1, 0.15) is 5.82 Å². The molecule has 8 nitrogen and oxygen atoms in total. The maximum absolute atomic E-state index is 13.1. The summed E-state index contributed by atoms with van der Waals surface area (Å²) in [6, 6.07) is 17.4. The fraction of sp³-hybridized carbons (Fsp3) is 0.286. The number of nitrogens with one attached hydrogen (secondary N) is 1. The van der Waals surface area contributed by atoms with Crippen molar-refractivity contribution in [3.63, 3.8) is 0 Å². The summed E-state index contributed by atoms with van der Waals surface area (Å²) in [6.07, 6.45) is 3.58. The first-order chi connectivity index (χ1) is 17.9. The summed E-state index contributed by atoms with van der Waals surface area (Å²) >= 11 is 6.00. The Hall–Kier alpha value is -3.91. The van der Waals surface area contributed by atoms with Crippen LogP contribution in [0.15, 0.2) is 67.0 Å². The van der Waals surface area contributed by atoms with E-state index in [1.807, 2.05) is 72.6 Å². The molecule has 0 radical (unpaired) electrons. The highest BCUT2D eigenvalue weighted by molar-refractivity contribution is 6.30. The molecule has 0 atom stereocenters. The topological polar surface area (TPSA) is 79.2 Å². The summed E-state index contributed by atoms with van der Waals surface area (Å²) in [5.41, 5.74) is 4.36. The molecule has 1 N–H and O–H groups in total. The molecule has 1 fully saturated rings. The van der Waals surface area contributed by atoms with Gasteiger partial charge in [0.15, 0.2) is 0 Å². The van der Waals surface area contributed by atoms with E-state index in [0.29, 0.717) is 24.6 Å². The highest BCUT2D eigenvalue weighted by atomic mass is 35.5. The van der Waals surface area contributed by atoms with Crippen LogP contribution >= 0.6 is 11.6 Å². The van der Waals surface area contributed by atoms with Crippen molar-refractivity contribution < 1.29 is 4.79 Å². The zero-order valence-corrected chi connectivity index (χ0v) is 22.0. The van der Waals surface area contributed by atoms with Gasteiger partial charge in [-0.1, -0.05) is 11.6 Å². The summed E-state index contributed by atoms with van der Waals surface area (Å²) in [6.45, 7) is 9.17. The summed E-state index contributed by atoms with van der Waals surface area (Å²) < 4.78 is 2.15. The molecular weight excluding hydrogens is 486 g/mol. The smallest absolute Gasteiger partial charge is 0.253 e. The number of carbonyl (C=O) groups excluding carboxylic acids is 1. The highest BCUT2D eigenvalue weighted by Gasteiger charge is 2.22. The largest absolute Gasteiger partial charge is 0.368 e. The molecule has 5 rings (SSSR count). The van der Waals surface area contributed by atoms with Crippen molar-refractivity contribution >= 4 is 34.8 Å². The van der Waals surface area contributed by atoms with E-state index >= 15 is 0 Å². The van der Waals surface area contributed by atoms with E-state index in [4.69, 9.17) is 16.6 Å². The third-order valence-electron chi connectivity index (χ3n) is 6.56. The van der Waals surface area contributed by atoms with Crippen LogP contribution in [-0.2, 0) is 0 Å². The second-order valence-electron chi connectivity index (χ2n) is 9.38. The Balaban J connectivity index is 1.22. The van der Waals surface area contributed by atoms with Crippen LogP contribution in [0.1, 0.15) is 36.1 Å². The van der Waals surface area contributed by atoms with Gasteiger partial charge in [0.25, 0.3) is 5.91 Å². The average Bonchev–Trinajstić information content (AvgIpc) is 3.31. The number of benzene rings is 2. The lowest BCUT2D eigenvalue weighted by molar-refractivity contribution is 0.0747. The molecule has 2 aromatic heterocycles. The van der Waals surface area contributed by atoms with Crippen LogP contribution in [0, 0.1) is 6.92 Å². The maximum Gasteiger partial charge on any atom is 0.253 e. The third-order valence-corrected chi connectivity index (χ3v) is 6.81. The quantitative estimate of drug-likeness (QED) is 0.360. The second-order valence-corrected chi connectivity index (χ2v) is 9.81. The molecule has 1 aliphatic rings. The van der Waals surface area contributed by atoms with Crippen molar-refractivity contribution in [1.82, 2.24) is 24.4 Å². The van der Waals surface area contributed by atoms with E-state index in [1.54, 1.807) is 6.20 Å². The van der Waals surface area contributed by atoms with Gasteiger partial charge < -0.3 is 19.7 Å². The standard InChI is InChI=1S/C28H30ClN7O/c1-19(2)36-20(3)31-18-26(36)25-12-13-30-28(33-25)32-23-8-4-21(5-9-23)27(37)35-16-14-34(15-17-35)24-10-6-22(29)7-11-24/h4-13,18-19H,14-17H2,1-3H3,(H,30,32,33). The molecule has 37 heavy (non-hydrogen) atoms. The highest BCUT2D eigenvalue weighted by Crippen LogP contribution is 2.25. The van der Waals surface area contributed by atoms with E-state index in [1.165, 1.54) is 0 Å². The second kappa shape index (κ2) is 10.6. The van der Waals surface area contributed by atoms with Crippen LogP contribution in [0.25, 0.3) is 11.4 Å². The number of hydrogen-bond acceptors (Lipinski definition) is 6. The van der Waals surface area contributed by atoms with Crippen LogP contribution in [0.3, 0.4) is 0 Å². The van der Waals surface area contributed by atoms with Gasteiger partial charge in [-0.25, -0.2) is 15.0 Å². The summed E-state index contributed by atoms with van der Waals surface area (Å²) in [4.78, 5) is 30.8.